The van der Waals surface area contributed by atoms with Crippen LogP contribution >= 0.6 is 15.9 Å². The molecule has 2 aromatic heterocycles. The molecule has 2 heterocycles. The predicted molar refractivity (Wildman–Crippen MR) is 114 cm³/mol. The Morgan fingerprint density at radius 2 is 2.00 bits per heavy atom. The highest BCUT2D eigenvalue weighted by Gasteiger charge is 2.15. The molecule has 146 valence electrons. The van der Waals surface area contributed by atoms with Gasteiger partial charge in [0.15, 0.2) is 0 Å². The average Bonchev–Trinajstić information content (AvgIpc) is 3.19. The molecule has 5 nitrogen and oxygen atoms in total. The van der Waals surface area contributed by atoms with Gasteiger partial charge >= 0.3 is 0 Å². The molecule has 7 heteroatoms. The van der Waals surface area contributed by atoms with Crippen molar-refractivity contribution in [3.8, 4) is 0 Å². The fourth-order valence-corrected chi connectivity index (χ4v) is 3.19. The first-order chi connectivity index (χ1) is 14.0. The number of benzene rings is 2. The third kappa shape index (κ3) is 4.14. The summed E-state index contributed by atoms with van der Waals surface area (Å²) in [5.41, 5.74) is 3.03. The molecule has 1 amide bonds. The normalized spacial score (nSPS) is 10.9. The molecule has 0 saturated heterocycles. The number of furan rings is 1. The Labute approximate surface area is 175 Å². The number of anilines is 2. The summed E-state index contributed by atoms with van der Waals surface area (Å²) in [6.45, 7) is 2.06. The Morgan fingerprint density at radius 1 is 1.17 bits per heavy atom. The van der Waals surface area contributed by atoms with Crippen molar-refractivity contribution in [3.05, 3.63) is 88.0 Å². The highest BCUT2D eigenvalue weighted by atomic mass is 79.9. The number of nitrogens with one attached hydrogen (secondary N) is 2. The monoisotopic (exact) mass is 453 g/mol. The Bertz CT molecular complexity index is 1210. The maximum Gasteiger partial charge on any atom is 0.270 e. The van der Waals surface area contributed by atoms with Gasteiger partial charge in [0.05, 0.1) is 11.6 Å². The molecule has 0 aliphatic heterocycles. The van der Waals surface area contributed by atoms with Crippen LogP contribution in [0.5, 0.6) is 0 Å². The fourth-order valence-electron chi connectivity index (χ4n) is 2.94. The number of aryl methyl sites for hydroxylation is 1. The van der Waals surface area contributed by atoms with Crippen LogP contribution in [0.3, 0.4) is 0 Å². The lowest BCUT2D eigenvalue weighted by atomic mass is 10.2. The van der Waals surface area contributed by atoms with Gasteiger partial charge in [-0.2, -0.15) is 0 Å². The summed E-state index contributed by atoms with van der Waals surface area (Å²) in [6, 6.07) is 15.5. The van der Waals surface area contributed by atoms with E-state index in [9.17, 15) is 9.18 Å². The zero-order chi connectivity index (χ0) is 20.4. The van der Waals surface area contributed by atoms with Crippen LogP contribution < -0.4 is 10.6 Å². The molecule has 0 atom stereocenters. The molecule has 2 aromatic carbocycles. The van der Waals surface area contributed by atoms with Crippen molar-refractivity contribution in [2.45, 2.75) is 13.5 Å². The number of pyridine rings is 1. The number of carbonyl (C=O) groups is 1. The quantitative estimate of drug-likeness (QED) is 0.405. The van der Waals surface area contributed by atoms with Crippen LogP contribution in [0.25, 0.3) is 11.0 Å². The number of halogens is 2. The van der Waals surface area contributed by atoms with Gasteiger partial charge in [-0.1, -0.05) is 34.1 Å². The van der Waals surface area contributed by atoms with Crippen LogP contribution in [-0.2, 0) is 6.54 Å². The third-order valence-electron chi connectivity index (χ3n) is 4.50. The van der Waals surface area contributed by atoms with Crippen LogP contribution in [0.2, 0.25) is 0 Å². The molecule has 0 aliphatic rings. The van der Waals surface area contributed by atoms with Crippen LogP contribution in [0.15, 0.2) is 69.8 Å². The molecule has 0 fully saturated rings. The van der Waals surface area contributed by atoms with Gasteiger partial charge in [-0.05, 0) is 42.8 Å². The van der Waals surface area contributed by atoms with E-state index in [1.165, 1.54) is 6.07 Å². The summed E-state index contributed by atoms with van der Waals surface area (Å²) in [7, 11) is 0. The van der Waals surface area contributed by atoms with E-state index in [4.69, 9.17) is 4.42 Å². The van der Waals surface area contributed by atoms with Crippen LogP contribution in [0, 0.1) is 12.7 Å². The first-order valence-electron chi connectivity index (χ1n) is 8.94. The molecule has 0 bridgehead atoms. The van der Waals surface area contributed by atoms with Gasteiger partial charge in [-0.25, -0.2) is 9.37 Å². The summed E-state index contributed by atoms with van der Waals surface area (Å²) in [5, 5.41) is 6.71. The molecule has 0 unspecified atom stereocenters. The van der Waals surface area contributed by atoms with E-state index < -0.39 is 5.91 Å². The van der Waals surface area contributed by atoms with Crippen LogP contribution in [-0.4, -0.2) is 10.9 Å². The minimum Gasteiger partial charge on any atom is -0.464 e. The average molecular weight is 454 g/mol. The van der Waals surface area contributed by atoms with E-state index in [1.54, 1.807) is 36.6 Å². The molecular formula is C22H17BrFN3O2. The van der Waals surface area contributed by atoms with Gasteiger partial charge in [-0.3, -0.25) is 4.79 Å². The maximum absolute atomic E-state index is 13.8. The number of rotatable bonds is 5. The number of hydrogen-bond acceptors (Lipinski definition) is 4. The number of carbonyl (C=O) groups excluding carboxylic acids is 1. The Morgan fingerprint density at radius 3 is 2.79 bits per heavy atom. The smallest absolute Gasteiger partial charge is 0.270 e. The minimum absolute atomic E-state index is 0.0675. The zero-order valence-corrected chi connectivity index (χ0v) is 17.1. The van der Waals surface area contributed by atoms with Crippen LogP contribution in [0.1, 0.15) is 21.6 Å². The number of aromatic nitrogens is 1. The number of hydrogen-bond donors (Lipinski definition) is 2. The topological polar surface area (TPSA) is 67.2 Å². The predicted octanol–water partition coefficient (Wildman–Crippen LogP) is 5.71. The van der Waals surface area contributed by atoms with Gasteiger partial charge in [0.25, 0.3) is 5.91 Å². The summed E-state index contributed by atoms with van der Waals surface area (Å²) in [4.78, 5) is 17.1. The largest absolute Gasteiger partial charge is 0.464 e. The molecule has 4 aromatic rings. The Kier molecular flexibility index (Phi) is 5.31. The summed E-state index contributed by atoms with van der Waals surface area (Å²) >= 11 is 3.48. The van der Waals surface area contributed by atoms with Gasteiger partial charge in [0.2, 0.25) is 0 Å². The van der Waals surface area contributed by atoms with E-state index in [2.05, 4.69) is 31.5 Å². The lowest BCUT2D eigenvalue weighted by Crippen LogP contribution is -2.24. The van der Waals surface area contributed by atoms with Crippen molar-refractivity contribution in [2.75, 3.05) is 5.32 Å². The summed E-state index contributed by atoms with van der Waals surface area (Å²) in [6.07, 6.45) is 1.55. The van der Waals surface area contributed by atoms with Gasteiger partial charge in [0.1, 0.15) is 22.9 Å². The second-order valence-electron chi connectivity index (χ2n) is 6.55. The first kappa shape index (κ1) is 19.1. The van der Waals surface area contributed by atoms with Crippen molar-refractivity contribution in [1.82, 2.24) is 10.3 Å². The highest BCUT2D eigenvalue weighted by molar-refractivity contribution is 9.10. The molecule has 29 heavy (non-hydrogen) atoms. The highest BCUT2D eigenvalue weighted by Crippen LogP contribution is 2.28. The van der Waals surface area contributed by atoms with Crippen LogP contribution in [0.4, 0.5) is 15.9 Å². The van der Waals surface area contributed by atoms with Crippen molar-refractivity contribution < 1.29 is 13.6 Å². The second-order valence-corrected chi connectivity index (χ2v) is 7.41. The van der Waals surface area contributed by atoms with E-state index in [0.717, 1.165) is 21.1 Å². The minimum atomic E-state index is -0.415. The van der Waals surface area contributed by atoms with Gasteiger partial charge in [0, 0.05) is 28.3 Å². The van der Waals surface area contributed by atoms with Crippen molar-refractivity contribution in [2.24, 2.45) is 0 Å². The number of amides is 1. The third-order valence-corrected chi connectivity index (χ3v) is 5.39. The Balaban J connectivity index is 1.61. The second kappa shape index (κ2) is 8.05. The lowest BCUT2D eigenvalue weighted by Gasteiger charge is -2.11. The van der Waals surface area contributed by atoms with E-state index in [0.29, 0.717) is 17.0 Å². The molecule has 0 aliphatic carbocycles. The van der Waals surface area contributed by atoms with Crippen molar-refractivity contribution >= 4 is 44.3 Å². The van der Waals surface area contributed by atoms with Crippen molar-refractivity contribution in [3.63, 3.8) is 0 Å². The summed E-state index contributed by atoms with van der Waals surface area (Å²) in [5.74, 6) is -0.272. The molecular weight excluding hydrogens is 437 g/mol. The molecule has 0 radical (unpaired) electrons. The van der Waals surface area contributed by atoms with E-state index in [1.807, 2.05) is 25.1 Å². The first-order valence-corrected chi connectivity index (χ1v) is 9.73. The van der Waals surface area contributed by atoms with E-state index in [-0.39, 0.29) is 18.1 Å². The number of fused-ring (bicyclic) bond motifs is 1. The molecule has 4 rings (SSSR count). The maximum atomic E-state index is 13.8. The van der Waals surface area contributed by atoms with Crippen molar-refractivity contribution in [1.29, 1.82) is 0 Å². The number of nitrogens with zero attached hydrogens (tertiary/aromatic N) is 1. The Hall–Kier alpha value is -3.19. The molecule has 0 spiro atoms. The lowest BCUT2D eigenvalue weighted by molar-refractivity contribution is 0.0946. The molecule has 2 N–H and O–H groups in total. The zero-order valence-electron chi connectivity index (χ0n) is 15.5. The van der Waals surface area contributed by atoms with Gasteiger partial charge in [-0.15, -0.1) is 0 Å². The fraction of sp³-hybridized carbons (Fsp3) is 0.0909. The van der Waals surface area contributed by atoms with E-state index >= 15 is 0 Å². The summed E-state index contributed by atoms with van der Waals surface area (Å²) < 4.78 is 20.3. The standard InChI is InChI=1S/C22H17BrFN3O2/c1-13-10-15(6-7-17(13)23)26-21-16-8-9-29-20(16)11-19(27-21)22(28)25-12-14-4-2-3-5-18(14)24/h2-11H,12H2,1H3,(H,25,28)(H,26,27). The SMILES string of the molecule is Cc1cc(Nc2nc(C(=O)NCc3ccccc3F)cc3occc23)ccc1Br. The van der Waals surface area contributed by atoms with Gasteiger partial charge < -0.3 is 15.1 Å². The molecule has 0 saturated carbocycles.